The summed E-state index contributed by atoms with van der Waals surface area (Å²) in [7, 11) is 0. The number of aromatic nitrogens is 1. The molecule has 0 aliphatic carbocycles. The zero-order valence-corrected chi connectivity index (χ0v) is 16.9. The second-order valence-electron chi connectivity index (χ2n) is 5.55. The van der Waals surface area contributed by atoms with Crippen LogP contribution in [0.2, 0.25) is 15.1 Å². The highest BCUT2D eigenvalue weighted by molar-refractivity contribution is 7.09. The molecule has 27 heavy (non-hydrogen) atoms. The van der Waals surface area contributed by atoms with Gasteiger partial charge in [-0.1, -0.05) is 34.8 Å². The first-order chi connectivity index (χ1) is 12.9. The molecule has 2 aromatic carbocycles. The molecule has 0 atom stereocenters. The lowest BCUT2D eigenvalue weighted by Crippen LogP contribution is -2.14. The van der Waals surface area contributed by atoms with E-state index in [1.165, 1.54) is 11.3 Å². The van der Waals surface area contributed by atoms with Crippen molar-refractivity contribution in [3.8, 4) is 5.75 Å². The predicted molar refractivity (Wildman–Crippen MR) is 111 cm³/mol. The average molecular weight is 443 g/mol. The van der Waals surface area contributed by atoms with E-state index in [-0.39, 0.29) is 28.1 Å². The number of carbonyl (C=O) groups is 1. The van der Waals surface area contributed by atoms with Crippen LogP contribution in [0.1, 0.15) is 10.7 Å². The van der Waals surface area contributed by atoms with Crippen LogP contribution in [0.5, 0.6) is 5.75 Å². The van der Waals surface area contributed by atoms with E-state index in [0.717, 1.165) is 5.01 Å². The molecule has 0 saturated carbocycles. The Balaban J connectivity index is 1.55. The van der Waals surface area contributed by atoms with Gasteiger partial charge in [0.2, 0.25) is 5.91 Å². The molecule has 0 unspecified atom stereocenters. The summed E-state index contributed by atoms with van der Waals surface area (Å²) in [6.45, 7) is 0.317. The van der Waals surface area contributed by atoms with Gasteiger partial charge in [-0.3, -0.25) is 4.79 Å². The number of nitrogens with one attached hydrogen (secondary N) is 1. The zero-order valence-electron chi connectivity index (χ0n) is 13.8. The molecule has 1 heterocycles. The number of rotatable bonds is 6. The maximum absolute atomic E-state index is 12.2. The maximum Gasteiger partial charge on any atom is 0.230 e. The van der Waals surface area contributed by atoms with Crippen molar-refractivity contribution in [3.63, 3.8) is 0 Å². The number of benzene rings is 2. The molecule has 1 amide bonds. The summed E-state index contributed by atoms with van der Waals surface area (Å²) in [5.74, 6) is 0.466. The standard InChI is InChI=1S/C18H14Cl3N3O2S/c19-10-1-3-13(4-2-10)26-8-17-24-12(9-27-17)7-16(25)23-11-5-14(20)18(22)15(21)6-11/h1-6,9H,7-8,22H2,(H,23,25). The predicted octanol–water partition coefficient (Wildman–Crippen LogP) is 5.45. The van der Waals surface area contributed by atoms with Crippen LogP contribution in [-0.4, -0.2) is 10.9 Å². The summed E-state index contributed by atoms with van der Waals surface area (Å²) in [5.41, 5.74) is 7.09. The number of halogens is 3. The van der Waals surface area contributed by atoms with E-state index < -0.39 is 0 Å². The van der Waals surface area contributed by atoms with Gasteiger partial charge in [-0.15, -0.1) is 11.3 Å². The van der Waals surface area contributed by atoms with Crippen molar-refractivity contribution in [1.29, 1.82) is 0 Å². The molecular weight excluding hydrogens is 429 g/mol. The molecule has 3 aromatic rings. The second kappa shape index (κ2) is 8.80. The van der Waals surface area contributed by atoms with Gasteiger partial charge in [0.25, 0.3) is 0 Å². The molecule has 3 N–H and O–H groups in total. The number of nitrogens with zero attached hydrogens (tertiary/aromatic N) is 1. The van der Waals surface area contributed by atoms with Crippen LogP contribution in [-0.2, 0) is 17.8 Å². The van der Waals surface area contributed by atoms with E-state index in [1.54, 1.807) is 36.4 Å². The van der Waals surface area contributed by atoms with Crippen molar-refractivity contribution in [1.82, 2.24) is 4.98 Å². The number of nitrogens with two attached hydrogens (primary N) is 1. The first kappa shape index (κ1) is 19.8. The van der Waals surface area contributed by atoms with Crippen molar-refractivity contribution >= 4 is 63.4 Å². The van der Waals surface area contributed by atoms with E-state index in [0.29, 0.717) is 28.8 Å². The van der Waals surface area contributed by atoms with Gasteiger partial charge in [-0.2, -0.15) is 0 Å². The van der Waals surface area contributed by atoms with Crippen molar-refractivity contribution in [3.05, 3.63) is 67.5 Å². The highest BCUT2D eigenvalue weighted by Crippen LogP contribution is 2.31. The molecule has 9 heteroatoms. The Labute approximate surface area is 175 Å². The molecule has 0 bridgehead atoms. The van der Waals surface area contributed by atoms with E-state index >= 15 is 0 Å². The fourth-order valence-corrected chi connectivity index (χ4v) is 3.52. The van der Waals surface area contributed by atoms with E-state index in [4.69, 9.17) is 45.3 Å². The van der Waals surface area contributed by atoms with E-state index in [9.17, 15) is 4.79 Å². The number of thiazole rings is 1. The van der Waals surface area contributed by atoms with Crippen molar-refractivity contribution in [2.75, 3.05) is 11.1 Å². The summed E-state index contributed by atoms with van der Waals surface area (Å²) in [4.78, 5) is 16.6. The van der Waals surface area contributed by atoms with Crippen molar-refractivity contribution in [2.45, 2.75) is 13.0 Å². The molecule has 0 aliphatic heterocycles. The Bertz CT molecular complexity index is 938. The number of ether oxygens (including phenoxy) is 1. The number of amides is 1. The van der Waals surface area contributed by atoms with Crippen LogP contribution in [0.25, 0.3) is 0 Å². The van der Waals surface area contributed by atoms with Gasteiger partial charge in [0.1, 0.15) is 17.4 Å². The van der Waals surface area contributed by atoms with E-state index in [1.807, 2.05) is 5.38 Å². The topological polar surface area (TPSA) is 77.2 Å². The third kappa shape index (κ3) is 5.49. The van der Waals surface area contributed by atoms with Gasteiger partial charge in [-0.05, 0) is 36.4 Å². The van der Waals surface area contributed by atoms with Gasteiger partial charge in [0, 0.05) is 16.1 Å². The van der Waals surface area contributed by atoms with Crippen LogP contribution in [0.15, 0.2) is 41.8 Å². The summed E-state index contributed by atoms with van der Waals surface area (Å²) in [6.07, 6.45) is 0.122. The molecular formula is C18H14Cl3N3O2S. The fourth-order valence-electron chi connectivity index (χ4n) is 2.20. The second-order valence-corrected chi connectivity index (χ2v) is 7.75. The summed E-state index contributed by atoms with van der Waals surface area (Å²) in [5, 5.41) is 6.54. The fraction of sp³-hybridized carbons (Fsp3) is 0.111. The monoisotopic (exact) mass is 441 g/mol. The Morgan fingerprint density at radius 3 is 2.48 bits per heavy atom. The lowest BCUT2D eigenvalue weighted by Gasteiger charge is -2.08. The largest absolute Gasteiger partial charge is 0.486 e. The lowest BCUT2D eigenvalue weighted by atomic mass is 10.2. The third-order valence-electron chi connectivity index (χ3n) is 3.48. The first-order valence-corrected chi connectivity index (χ1v) is 9.78. The minimum Gasteiger partial charge on any atom is -0.486 e. The van der Waals surface area contributed by atoms with Crippen LogP contribution >= 0.6 is 46.1 Å². The van der Waals surface area contributed by atoms with Gasteiger partial charge in [-0.25, -0.2) is 4.98 Å². The number of nitrogen functional groups attached to an aromatic ring is 1. The highest BCUT2D eigenvalue weighted by Gasteiger charge is 2.11. The molecule has 1 aromatic heterocycles. The zero-order chi connectivity index (χ0) is 19.4. The molecule has 0 aliphatic rings. The molecule has 0 radical (unpaired) electrons. The molecule has 0 saturated heterocycles. The van der Waals surface area contributed by atoms with Gasteiger partial charge in [0.05, 0.1) is 27.8 Å². The normalized spacial score (nSPS) is 10.6. The minimum atomic E-state index is -0.234. The first-order valence-electron chi connectivity index (χ1n) is 7.76. The molecule has 0 fully saturated rings. The van der Waals surface area contributed by atoms with Gasteiger partial charge < -0.3 is 15.8 Å². The summed E-state index contributed by atoms with van der Waals surface area (Å²) < 4.78 is 5.65. The summed E-state index contributed by atoms with van der Waals surface area (Å²) in [6, 6.07) is 10.2. The molecule has 5 nitrogen and oxygen atoms in total. The molecule has 0 spiro atoms. The van der Waals surface area contributed by atoms with Gasteiger partial charge in [0.15, 0.2) is 0 Å². The van der Waals surface area contributed by atoms with E-state index in [2.05, 4.69) is 10.3 Å². The maximum atomic E-state index is 12.2. The number of hydrogen-bond donors (Lipinski definition) is 2. The highest BCUT2D eigenvalue weighted by atomic mass is 35.5. The number of hydrogen-bond acceptors (Lipinski definition) is 5. The average Bonchev–Trinajstić information content (AvgIpc) is 3.06. The Morgan fingerprint density at radius 1 is 1.15 bits per heavy atom. The van der Waals surface area contributed by atoms with Crippen LogP contribution in [0.3, 0.4) is 0 Å². The van der Waals surface area contributed by atoms with Crippen LogP contribution in [0, 0.1) is 0 Å². The Hall–Kier alpha value is -1.99. The SMILES string of the molecule is Nc1c(Cl)cc(NC(=O)Cc2csc(COc3ccc(Cl)cc3)n2)cc1Cl. The van der Waals surface area contributed by atoms with Crippen LogP contribution in [0.4, 0.5) is 11.4 Å². The third-order valence-corrected chi connectivity index (χ3v) is 5.23. The lowest BCUT2D eigenvalue weighted by molar-refractivity contribution is -0.115. The van der Waals surface area contributed by atoms with Crippen molar-refractivity contribution < 1.29 is 9.53 Å². The minimum absolute atomic E-state index is 0.122. The smallest absolute Gasteiger partial charge is 0.230 e. The quantitative estimate of drug-likeness (QED) is 0.498. The molecule has 140 valence electrons. The Morgan fingerprint density at radius 2 is 1.81 bits per heavy atom. The van der Waals surface area contributed by atoms with Crippen molar-refractivity contribution in [2.24, 2.45) is 0 Å². The summed E-state index contributed by atoms with van der Waals surface area (Å²) >= 11 is 19.2. The number of carbonyl (C=O) groups excluding carboxylic acids is 1. The number of anilines is 2. The Kier molecular flexibility index (Phi) is 6.44. The van der Waals surface area contributed by atoms with Crippen LogP contribution < -0.4 is 15.8 Å². The van der Waals surface area contributed by atoms with Gasteiger partial charge >= 0.3 is 0 Å². The molecule has 3 rings (SSSR count).